The van der Waals surface area contributed by atoms with E-state index in [1.165, 1.54) is 0 Å². The Morgan fingerprint density at radius 2 is 2.00 bits per heavy atom. The second kappa shape index (κ2) is 2.20. The average molecular weight is 60.0 g/mol. The molecule has 0 spiro atoms. The third kappa shape index (κ3) is 1.20. The molecule has 4 heavy (non-hydrogen) atoms. The molecule has 0 heterocycles. The molecule has 0 aromatic carbocycles. The molecular formula is N2O2+. The van der Waals surface area contributed by atoms with E-state index in [-0.39, 0.29) is 0 Å². The van der Waals surface area contributed by atoms with Gasteiger partial charge in [0.2, 0.25) is 0 Å². The molecule has 4 nitrogen and oxygen atoms in total. The molecule has 0 fully saturated rings. The van der Waals surface area contributed by atoms with Crippen LogP contribution in [0, 0.1) is 9.81 Å². The first-order valence-corrected chi connectivity index (χ1v) is 0.565. The van der Waals surface area contributed by atoms with Gasteiger partial charge in [-0.25, -0.2) is 0 Å². The van der Waals surface area contributed by atoms with E-state index in [4.69, 9.17) is 9.81 Å². The molecule has 0 aliphatic heterocycles. The molecule has 0 aromatic rings. The van der Waals surface area contributed by atoms with Crippen molar-refractivity contribution in [3.63, 3.8) is 0 Å². The standard InChI is InChI=1S/N2O2/c3-1-2-4/q+1. The van der Waals surface area contributed by atoms with Gasteiger partial charge in [0.15, 0.2) is 0 Å². The lowest BCUT2D eigenvalue weighted by molar-refractivity contribution is 1.05. The Hall–Kier alpha value is -0.800. The van der Waals surface area contributed by atoms with Gasteiger partial charge in [-0.15, -0.1) is 0 Å². The van der Waals surface area contributed by atoms with Gasteiger partial charge >= 0.3 is 10.6 Å². The predicted molar refractivity (Wildman–Crippen MR) is 11.3 cm³/mol. The summed E-state index contributed by atoms with van der Waals surface area (Å²) in [7, 11) is 0. The molecule has 0 saturated heterocycles. The fourth-order valence-corrected chi connectivity index (χ4v) is 0. The smallest absolute Gasteiger partial charge is 0.0709 e. The van der Waals surface area contributed by atoms with E-state index in [2.05, 4.69) is 0 Å². The molecule has 0 atom stereocenters. The van der Waals surface area contributed by atoms with Gasteiger partial charge in [0.25, 0.3) is 0 Å². The summed E-state index contributed by atoms with van der Waals surface area (Å²) >= 11 is 0. The maximum absolute atomic E-state index is 8.44. The maximum atomic E-state index is 8.44. The van der Waals surface area contributed by atoms with E-state index in [0.29, 0.717) is 0 Å². The minimum atomic E-state index is 1.56. The van der Waals surface area contributed by atoms with Gasteiger partial charge in [0.1, 0.15) is 4.91 Å². The number of rotatable bonds is 1. The summed E-state index contributed by atoms with van der Waals surface area (Å²) in [6, 6.07) is 0. The summed E-state index contributed by atoms with van der Waals surface area (Å²) in [6.45, 7) is 0. The van der Waals surface area contributed by atoms with Crippen molar-refractivity contribution in [2.45, 2.75) is 0 Å². The van der Waals surface area contributed by atoms with Crippen LogP contribution in [0.1, 0.15) is 0 Å². The lowest BCUT2D eigenvalue weighted by atomic mass is 12.8. The van der Waals surface area contributed by atoms with Crippen molar-refractivity contribution in [2.24, 2.45) is 5.29 Å². The van der Waals surface area contributed by atoms with E-state index in [0.717, 1.165) is 0 Å². The highest BCUT2D eigenvalue weighted by Gasteiger charge is 1.76. The van der Waals surface area contributed by atoms with Crippen LogP contribution in [-0.2, 0) is 0 Å². The average Bonchev–Trinajstić information content (AvgIpc) is 1.37. The Bertz CT molecular complexity index is 25.0. The van der Waals surface area contributed by atoms with Crippen molar-refractivity contribution < 1.29 is 0 Å². The second-order valence-electron chi connectivity index (χ2n) is 0.163. The SMILES string of the molecule is O=N[N+]=O. The quantitative estimate of drug-likeness (QED) is 0.310. The summed E-state index contributed by atoms with van der Waals surface area (Å²) < 4.78 is 0. The summed E-state index contributed by atoms with van der Waals surface area (Å²) in [6.07, 6.45) is 0. The third-order valence-electron chi connectivity index (χ3n) is 0.0333. The normalized spacial score (nSPS) is 5.00. The molecule has 0 aromatic heterocycles. The van der Waals surface area contributed by atoms with Crippen LogP contribution >= 0.6 is 0 Å². The molecule has 0 saturated carbocycles. The Balaban J connectivity index is 2.73. The van der Waals surface area contributed by atoms with Gasteiger partial charge in [-0.1, -0.05) is 4.91 Å². The van der Waals surface area contributed by atoms with E-state index in [1.54, 1.807) is 10.6 Å². The number of nitroso groups, excluding NO2 is 2. The van der Waals surface area contributed by atoms with E-state index < -0.39 is 0 Å². The lowest BCUT2D eigenvalue weighted by Crippen LogP contribution is -1.52. The van der Waals surface area contributed by atoms with Crippen LogP contribution in [0.25, 0.3) is 0 Å². The highest BCUT2D eigenvalue weighted by molar-refractivity contribution is 4.04. The zero-order valence-corrected chi connectivity index (χ0v) is 1.71. The van der Waals surface area contributed by atoms with Gasteiger partial charge in [-0.2, -0.15) is 0 Å². The van der Waals surface area contributed by atoms with Crippen molar-refractivity contribution in [2.75, 3.05) is 0 Å². The maximum Gasteiger partial charge on any atom is 0.555 e. The van der Waals surface area contributed by atoms with Gasteiger partial charge in [0.05, 0.1) is 0 Å². The molecular weight excluding hydrogens is 60.0 g/mol. The third-order valence-corrected chi connectivity index (χ3v) is 0.0333. The second-order valence-corrected chi connectivity index (χ2v) is 0.163. The number of hydrogen-bond donors (Lipinski definition) is 0. The minimum absolute atomic E-state index is 1.56. The molecule has 1 radical (unpaired) electrons. The molecule has 0 bridgehead atoms. The van der Waals surface area contributed by atoms with Gasteiger partial charge < -0.3 is 0 Å². The van der Waals surface area contributed by atoms with E-state index in [9.17, 15) is 0 Å². The molecule has 4 heteroatoms. The van der Waals surface area contributed by atoms with Crippen LogP contribution in [0.3, 0.4) is 0 Å². The first kappa shape index (κ1) is 3.20. The van der Waals surface area contributed by atoms with Crippen molar-refractivity contribution in [3.05, 3.63) is 9.81 Å². The monoisotopic (exact) mass is 60.0 g/mol. The van der Waals surface area contributed by atoms with Crippen LogP contribution in [0.2, 0.25) is 0 Å². The number of hydrogen-bond acceptors (Lipinski definition) is 2. The molecule has 21 valence electrons. The van der Waals surface area contributed by atoms with Gasteiger partial charge in [-0.05, 0) is 0 Å². The van der Waals surface area contributed by atoms with Gasteiger partial charge in [-0.3, -0.25) is 0 Å². The van der Waals surface area contributed by atoms with Crippen molar-refractivity contribution in [1.29, 1.82) is 0 Å². The van der Waals surface area contributed by atoms with Crippen LogP contribution < -0.4 is 5.29 Å². The molecule has 0 N–H and O–H groups in total. The summed E-state index contributed by atoms with van der Waals surface area (Å²) in [5.74, 6) is 0. The summed E-state index contributed by atoms with van der Waals surface area (Å²) in [5.41, 5.74) is 0. The van der Waals surface area contributed by atoms with Crippen LogP contribution in [0.5, 0.6) is 0 Å². The Kier molecular flexibility index (Phi) is 1.76. The Morgan fingerprint density at radius 3 is 2.00 bits per heavy atom. The molecule has 0 rings (SSSR count). The molecule has 0 aliphatic rings. The molecule has 0 unspecified atom stereocenters. The number of nitrogens with zero attached hydrogens (tertiary/aromatic N) is 2. The predicted octanol–water partition coefficient (Wildman–Crippen LogP) is -0.230. The highest BCUT2D eigenvalue weighted by Crippen LogP contribution is 1.30. The lowest BCUT2D eigenvalue weighted by Gasteiger charge is -1.02. The summed E-state index contributed by atoms with van der Waals surface area (Å²) in [4.78, 5) is 16.9. The van der Waals surface area contributed by atoms with Crippen LogP contribution in [-0.4, -0.2) is 0 Å². The minimum Gasteiger partial charge on any atom is -0.0709 e. The largest absolute Gasteiger partial charge is 0.555 e. The topological polar surface area (TPSA) is 60.6 Å². The zero-order chi connectivity index (χ0) is 3.41. The van der Waals surface area contributed by atoms with Gasteiger partial charge in [0, 0.05) is 0 Å². The van der Waals surface area contributed by atoms with Crippen LogP contribution in [0.15, 0.2) is 5.29 Å². The molecule has 0 aliphatic carbocycles. The Labute approximate surface area is 21.7 Å². The van der Waals surface area contributed by atoms with Crippen molar-refractivity contribution in [3.8, 4) is 0 Å². The van der Waals surface area contributed by atoms with E-state index in [1.807, 2.05) is 0 Å². The molecule has 0 amide bonds. The fraction of sp³-hybridized carbons (Fsp3) is 0. The first-order valence-electron chi connectivity index (χ1n) is 0.565. The Morgan fingerprint density at radius 1 is 1.75 bits per heavy atom. The fourth-order valence-electron chi connectivity index (χ4n) is 0. The van der Waals surface area contributed by atoms with E-state index >= 15 is 0 Å². The van der Waals surface area contributed by atoms with Crippen molar-refractivity contribution in [1.82, 2.24) is 5.29 Å². The van der Waals surface area contributed by atoms with Crippen LogP contribution in [0.4, 0.5) is 0 Å². The first-order chi connectivity index (χ1) is 1.91. The highest BCUT2D eigenvalue weighted by atomic mass is 16.4. The van der Waals surface area contributed by atoms with Crippen molar-refractivity contribution >= 4 is 0 Å². The zero-order valence-electron chi connectivity index (χ0n) is 1.71. The summed E-state index contributed by atoms with van der Waals surface area (Å²) in [5, 5.41) is 3.11.